The largest absolute Gasteiger partial charge is 0.377 e. The maximum atomic E-state index is 12.2. The molecule has 23 heavy (non-hydrogen) atoms. The molecular weight excluding hydrogens is 286 g/mol. The van der Waals surface area contributed by atoms with Gasteiger partial charge in [-0.25, -0.2) is 0 Å². The fourth-order valence-electron chi connectivity index (χ4n) is 3.74. The van der Waals surface area contributed by atoms with E-state index in [9.17, 15) is 4.79 Å². The van der Waals surface area contributed by atoms with Crippen molar-refractivity contribution < 1.29 is 9.53 Å². The van der Waals surface area contributed by atoms with Crippen molar-refractivity contribution in [2.45, 2.75) is 12.5 Å². The first kappa shape index (κ1) is 14.2. The lowest BCUT2D eigenvalue weighted by atomic mass is 9.94. The van der Waals surface area contributed by atoms with E-state index in [4.69, 9.17) is 4.74 Å². The number of hydrogen-bond donors (Lipinski definition) is 0. The third-order valence-electron chi connectivity index (χ3n) is 4.83. The van der Waals surface area contributed by atoms with Crippen LogP contribution in [0, 0.1) is 0 Å². The van der Waals surface area contributed by atoms with Crippen LogP contribution in [-0.4, -0.2) is 30.6 Å². The standard InChI is InChI=1S/C20H19NO2/c1-2-20(22)21-10-11-23-13-19(21)17-9-5-8-16-15-7-4-3-6-14(15)12-18(16)17/h2-9,19H,1,10-13H2. The molecular formula is C20H19NO2. The summed E-state index contributed by atoms with van der Waals surface area (Å²) >= 11 is 0. The molecule has 0 radical (unpaired) electrons. The molecule has 1 aliphatic carbocycles. The van der Waals surface area contributed by atoms with E-state index in [2.05, 4.69) is 49.0 Å². The number of carbonyl (C=O) groups excluding carboxylic acids is 1. The average molecular weight is 305 g/mol. The Morgan fingerprint density at radius 2 is 2.00 bits per heavy atom. The minimum absolute atomic E-state index is 0.0218. The molecule has 1 atom stereocenters. The van der Waals surface area contributed by atoms with Crippen molar-refractivity contribution in [2.24, 2.45) is 0 Å². The topological polar surface area (TPSA) is 29.5 Å². The van der Waals surface area contributed by atoms with Gasteiger partial charge in [0.15, 0.2) is 0 Å². The Bertz CT molecular complexity index is 781. The highest BCUT2D eigenvalue weighted by atomic mass is 16.5. The van der Waals surface area contributed by atoms with E-state index in [-0.39, 0.29) is 11.9 Å². The first-order valence-electron chi connectivity index (χ1n) is 8.00. The summed E-state index contributed by atoms with van der Waals surface area (Å²) < 4.78 is 5.67. The van der Waals surface area contributed by atoms with Crippen LogP contribution in [0.5, 0.6) is 0 Å². The Balaban J connectivity index is 1.79. The van der Waals surface area contributed by atoms with Gasteiger partial charge in [-0.15, -0.1) is 0 Å². The number of hydrogen-bond acceptors (Lipinski definition) is 2. The van der Waals surface area contributed by atoms with Gasteiger partial charge in [-0.2, -0.15) is 0 Å². The molecule has 1 unspecified atom stereocenters. The Kier molecular flexibility index (Phi) is 3.50. The van der Waals surface area contributed by atoms with Crippen molar-refractivity contribution >= 4 is 5.91 Å². The van der Waals surface area contributed by atoms with Crippen LogP contribution in [0.3, 0.4) is 0 Å². The summed E-state index contributed by atoms with van der Waals surface area (Å²) in [6, 6.07) is 14.9. The molecule has 1 heterocycles. The minimum Gasteiger partial charge on any atom is -0.377 e. The summed E-state index contributed by atoms with van der Waals surface area (Å²) in [6.07, 6.45) is 2.32. The zero-order chi connectivity index (χ0) is 15.8. The highest BCUT2D eigenvalue weighted by Gasteiger charge is 2.31. The van der Waals surface area contributed by atoms with E-state index in [1.807, 2.05) is 4.90 Å². The maximum Gasteiger partial charge on any atom is 0.246 e. The molecule has 116 valence electrons. The predicted molar refractivity (Wildman–Crippen MR) is 90.2 cm³/mol. The zero-order valence-electron chi connectivity index (χ0n) is 13.0. The van der Waals surface area contributed by atoms with Crippen molar-refractivity contribution in [1.29, 1.82) is 0 Å². The van der Waals surface area contributed by atoms with E-state index in [1.54, 1.807) is 0 Å². The van der Waals surface area contributed by atoms with Gasteiger partial charge in [-0.05, 0) is 40.3 Å². The SMILES string of the molecule is C=CC(=O)N1CCOCC1c1cccc2c1Cc1ccccc1-2. The monoisotopic (exact) mass is 305 g/mol. The van der Waals surface area contributed by atoms with Crippen molar-refractivity contribution in [3.8, 4) is 11.1 Å². The quantitative estimate of drug-likeness (QED) is 0.680. The molecule has 3 heteroatoms. The van der Waals surface area contributed by atoms with Crippen LogP contribution in [-0.2, 0) is 16.0 Å². The van der Waals surface area contributed by atoms with Gasteiger partial charge in [0.2, 0.25) is 5.91 Å². The lowest BCUT2D eigenvalue weighted by Crippen LogP contribution is -2.42. The zero-order valence-corrected chi connectivity index (χ0v) is 13.0. The molecule has 3 nitrogen and oxygen atoms in total. The summed E-state index contributed by atoms with van der Waals surface area (Å²) in [4.78, 5) is 14.1. The van der Waals surface area contributed by atoms with E-state index >= 15 is 0 Å². The Morgan fingerprint density at radius 1 is 1.17 bits per heavy atom. The predicted octanol–water partition coefficient (Wildman–Crippen LogP) is 3.34. The van der Waals surface area contributed by atoms with Crippen LogP contribution in [0.1, 0.15) is 22.7 Å². The van der Waals surface area contributed by atoms with Crippen LogP contribution < -0.4 is 0 Å². The normalized spacial score (nSPS) is 19.1. The van der Waals surface area contributed by atoms with E-state index < -0.39 is 0 Å². The van der Waals surface area contributed by atoms with Crippen LogP contribution in [0.2, 0.25) is 0 Å². The van der Waals surface area contributed by atoms with Gasteiger partial charge in [0.25, 0.3) is 0 Å². The molecule has 2 aliphatic rings. The lowest BCUT2D eigenvalue weighted by Gasteiger charge is -2.36. The molecule has 1 amide bonds. The fourth-order valence-corrected chi connectivity index (χ4v) is 3.74. The summed E-state index contributed by atoms with van der Waals surface area (Å²) in [6.45, 7) is 5.39. The smallest absolute Gasteiger partial charge is 0.246 e. The first-order chi connectivity index (χ1) is 11.3. The first-order valence-corrected chi connectivity index (χ1v) is 8.00. The van der Waals surface area contributed by atoms with Crippen LogP contribution >= 0.6 is 0 Å². The van der Waals surface area contributed by atoms with Crippen molar-refractivity contribution in [3.63, 3.8) is 0 Å². The molecule has 2 aromatic rings. The minimum atomic E-state index is -0.0292. The number of benzene rings is 2. The Hall–Kier alpha value is -2.39. The number of fused-ring (bicyclic) bond motifs is 3. The summed E-state index contributed by atoms with van der Waals surface area (Å²) in [5, 5.41) is 0. The van der Waals surface area contributed by atoms with Crippen molar-refractivity contribution in [1.82, 2.24) is 4.90 Å². The van der Waals surface area contributed by atoms with Gasteiger partial charge in [0, 0.05) is 6.54 Å². The molecule has 1 fully saturated rings. The second-order valence-corrected chi connectivity index (χ2v) is 6.03. The summed E-state index contributed by atoms with van der Waals surface area (Å²) in [5.74, 6) is -0.0218. The highest BCUT2D eigenvalue weighted by molar-refractivity contribution is 5.87. The summed E-state index contributed by atoms with van der Waals surface area (Å²) in [5.41, 5.74) is 6.48. The second kappa shape index (κ2) is 5.67. The Morgan fingerprint density at radius 3 is 2.87 bits per heavy atom. The van der Waals surface area contributed by atoms with E-state index in [0.717, 1.165) is 6.42 Å². The molecule has 0 spiro atoms. The molecule has 0 saturated carbocycles. The van der Waals surface area contributed by atoms with Gasteiger partial charge in [0.1, 0.15) is 0 Å². The number of carbonyl (C=O) groups is 1. The molecule has 1 saturated heterocycles. The number of amides is 1. The van der Waals surface area contributed by atoms with Gasteiger partial charge in [0.05, 0.1) is 19.3 Å². The summed E-state index contributed by atoms with van der Waals surface area (Å²) in [7, 11) is 0. The molecule has 0 aromatic heterocycles. The molecule has 2 aromatic carbocycles. The fraction of sp³-hybridized carbons (Fsp3) is 0.250. The highest BCUT2D eigenvalue weighted by Crippen LogP contribution is 2.41. The maximum absolute atomic E-state index is 12.2. The van der Waals surface area contributed by atoms with Crippen molar-refractivity contribution in [3.05, 3.63) is 71.8 Å². The molecule has 0 N–H and O–H groups in total. The Labute approximate surface area is 136 Å². The molecule has 4 rings (SSSR count). The van der Waals surface area contributed by atoms with Gasteiger partial charge in [-0.3, -0.25) is 4.79 Å². The third kappa shape index (κ3) is 2.28. The van der Waals surface area contributed by atoms with E-state index in [0.29, 0.717) is 19.8 Å². The average Bonchev–Trinajstić information content (AvgIpc) is 3.00. The van der Waals surface area contributed by atoms with Gasteiger partial charge < -0.3 is 9.64 Å². The number of ether oxygens (including phenoxy) is 1. The van der Waals surface area contributed by atoms with Crippen LogP contribution in [0.25, 0.3) is 11.1 Å². The number of nitrogens with zero attached hydrogens (tertiary/aromatic N) is 1. The number of morpholine rings is 1. The van der Waals surface area contributed by atoms with Gasteiger partial charge in [-0.1, -0.05) is 49.0 Å². The van der Waals surface area contributed by atoms with Crippen LogP contribution in [0.15, 0.2) is 55.1 Å². The second-order valence-electron chi connectivity index (χ2n) is 6.03. The number of rotatable bonds is 2. The van der Waals surface area contributed by atoms with Crippen molar-refractivity contribution in [2.75, 3.05) is 19.8 Å². The lowest BCUT2D eigenvalue weighted by molar-refractivity contribution is -0.134. The van der Waals surface area contributed by atoms with Crippen LogP contribution in [0.4, 0.5) is 0 Å². The third-order valence-corrected chi connectivity index (χ3v) is 4.83. The van der Waals surface area contributed by atoms with E-state index in [1.165, 1.54) is 33.9 Å². The van der Waals surface area contributed by atoms with Gasteiger partial charge >= 0.3 is 0 Å². The molecule has 0 bridgehead atoms. The molecule has 1 aliphatic heterocycles.